The number of allylic oxidation sites excluding steroid dienone is 4. The van der Waals surface area contributed by atoms with Gasteiger partial charge in [0.15, 0.2) is 0 Å². The Balaban J connectivity index is 0.000000232. The molecule has 1 aromatic carbocycles. The molecule has 2 aliphatic heterocycles. The molecule has 1 radical (unpaired) electrons. The Kier molecular flexibility index (Phi) is 11.0. The van der Waals surface area contributed by atoms with Gasteiger partial charge in [0.25, 0.3) is 6.43 Å². The number of methoxy groups -OCH3 is 1. The molecule has 0 aliphatic carbocycles. The van der Waals surface area contributed by atoms with Crippen molar-refractivity contribution in [1.82, 2.24) is 15.2 Å². The van der Waals surface area contributed by atoms with E-state index in [4.69, 9.17) is 8.68 Å². The maximum absolute atomic E-state index is 13.2. The molecule has 0 saturated heterocycles. The topological polar surface area (TPSA) is 101 Å². The van der Waals surface area contributed by atoms with Crippen molar-refractivity contribution in [1.29, 1.82) is 0 Å². The Morgan fingerprint density at radius 2 is 2.05 bits per heavy atom. The summed E-state index contributed by atoms with van der Waals surface area (Å²) in [6, 6.07) is 7.94. The van der Waals surface area contributed by atoms with Gasteiger partial charge in [-0.1, -0.05) is 6.08 Å². The summed E-state index contributed by atoms with van der Waals surface area (Å²) in [5.74, 6) is 0.360. The second-order valence-electron chi connectivity index (χ2n) is 9.08. The quantitative estimate of drug-likeness (QED) is 0.0942. The molecule has 4 rings (SSSR count). The second-order valence-corrected chi connectivity index (χ2v) is 15.1. The first kappa shape index (κ1) is 31.4. The first-order valence-electron chi connectivity index (χ1n) is 12.4. The van der Waals surface area contributed by atoms with E-state index in [1.54, 1.807) is 30.3 Å². The summed E-state index contributed by atoms with van der Waals surface area (Å²) in [6.45, 7) is 5.60. The van der Waals surface area contributed by atoms with Gasteiger partial charge >= 0.3 is 139 Å². The van der Waals surface area contributed by atoms with Crippen LogP contribution in [-0.2, 0) is 16.0 Å². The molecule has 1 aromatic heterocycles. The summed E-state index contributed by atoms with van der Waals surface area (Å²) in [4.78, 5) is 16.7. The molecule has 0 fully saturated rings. The van der Waals surface area contributed by atoms with Crippen molar-refractivity contribution < 1.29 is 45.3 Å². The molecule has 0 saturated carbocycles. The number of rotatable bonds is 8. The molecule has 3 heterocycles. The van der Waals surface area contributed by atoms with Crippen LogP contribution in [0.4, 0.5) is 13.2 Å². The van der Waals surface area contributed by atoms with Crippen LogP contribution in [0.5, 0.6) is 0 Å². The molecule has 1 atom stereocenters. The van der Waals surface area contributed by atoms with Crippen molar-refractivity contribution in [3.05, 3.63) is 92.6 Å². The van der Waals surface area contributed by atoms with Gasteiger partial charge in [-0.2, -0.15) is 0 Å². The number of hydrogen-bond acceptors (Lipinski definition) is 6. The van der Waals surface area contributed by atoms with Crippen molar-refractivity contribution in [2.75, 3.05) is 18.0 Å². The first-order chi connectivity index (χ1) is 19.0. The molecule has 2 aliphatic rings. The molecule has 4 N–H and O–H groups in total. The fourth-order valence-electron chi connectivity index (χ4n) is 4.10. The third-order valence-electron chi connectivity index (χ3n) is 6.07. The Labute approximate surface area is 238 Å². The normalized spacial score (nSPS) is 20.9. The average molecular weight is 668 g/mol. The zero-order chi connectivity index (χ0) is 29.4. The number of aromatic nitrogens is 1. The van der Waals surface area contributed by atoms with E-state index < -0.39 is 25.5 Å². The number of nitrogens with zero attached hydrogens (tertiary/aromatic N) is 2. The fraction of sp³-hybridized carbons (Fsp3) is 0.286. The average Bonchev–Trinajstić information content (AvgIpc) is 3.23. The van der Waals surface area contributed by atoms with Gasteiger partial charge in [-0.15, -0.1) is 0 Å². The molecule has 0 bridgehead atoms. The van der Waals surface area contributed by atoms with Crippen LogP contribution in [-0.4, -0.2) is 51.4 Å². The molecule has 7 nitrogen and oxygen atoms in total. The van der Waals surface area contributed by atoms with Gasteiger partial charge in [0.1, 0.15) is 5.76 Å². The third-order valence-corrected chi connectivity index (χ3v) is 10.8. The summed E-state index contributed by atoms with van der Waals surface area (Å²) in [5.41, 5.74) is 4.82. The van der Waals surface area contributed by atoms with E-state index >= 15 is 0 Å². The Morgan fingerprint density at radius 3 is 2.65 bits per heavy atom. The maximum atomic E-state index is 13.2. The Hall–Kier alpha value is -3.10. The van der Waals surface area contributed by atoms with E-state index in [1.807, 2.05) is 39.3 Å². The number of hydrogen-bond donors (Lipinski definition) is 3. The molecule has 215 valence electrons. The van der Waals surface area contributed by atoms with E-state index in [0.717, 1.165) is 31.6 Å². The number of carbonyl (C=O) groups is 1. The number of ether oxygens (including phenoxy) is 1. The summed E-state index contributed by atoms with van der Waals surface area (Å²) >= 11 is -3.43. The van der Waals surface area contributed by atoms with Crippen molar-refractivity contribution in [3.63, 3.8) is 0 Å². The summed E-state index contributed by atoms with van der Waals surface area (Å²) in [7, 11) is 3.49. The van der Waals surface area contributed by atoms with Gasteiger partial charge < -0.3 is 9.64 Å². The van der Waals surface area contributed by atoms with Crippen LogP contribution in [0.25, 0.3) is 11.3 Å². The van der Waals surface area contributed by atoms with Crippen LogP contribution in [0.1, 0.15) is 26.5 Å². The number of nitrogens with one attached hydrogen (secondary N) is 1. The van der Waals surface area contributed by atoms with Gasteiger partial charge in [0.2, 0.25) is 0 Å². The molecule has 12 heteroatoms. The number of fused-ring (bicyclic) bond motifs is 1. The van der Waals surface area contributed by atoms with E-state index in [2.05, 4.69) is 10.3 Å². The number of nitrogens with two attached hydrogens (primary N) is 1. The number of pyridine rings is 1. The number of amides is 1. The molecule has 1 amide bonds. The van der Waals surface area contributed by atoms with Crippen LogP contribution >= 0.6 is 0 Å². The van der Waals surface area contributed by atoms with E-state index in [1.165, 1.54) is 25.3 Å². The van der Waals surface area contributed by atoms with Crippen LogP contribution in [0, 0.1) is 9.39 Å². The van der Waals surface area contributed by atoms with Gasteiger partial charge in [0.05, 0.1) is 12.8 Å². The Bertz CT molecular complexity index is 1350. The number of halogens is 4. The predicted octanol–water partition coefficient (Wildman–Crippen LogP) is 0.397. The second kappa shape index (κ2) is 14.0. The predicted molar refractivity (Wildman–Crippen MR) is 147 cm³/mol. The number of benzene rings is 1. The number of alkyl halides is 3. The van der Waals surface area contributed by atoms with E-state index in [-0.39, 0.29) is 11.4 Å². The number of carbonyl (C=O) groups excluding carboxylic acids is 1. The SMILES string of the molecule is C/C=C1\C(OC)=CC(C)=CN1/C=C(\C)C(F)F.N[I-]1(O)C[B]c2c1cc(CCNC=O)nc2-c1ccc(F)cc1. The third kappa shape index (κ3) is 7.76. The van der Waals surface area contributed by atoms with Crippen LogP contribution in [0.3, 0.4) is 0 Å². The zero-order valence-electron chi connectivity index (χ0n) is 22.8. The van der Waals surface area contributed by atoms with Gasteiger partial charge in [0, 0.05) is 18.0 Å². The fourth-order valence-corrected chi connectivity index (χ4v) is 8.07. The van der Waals surface area contributed by atoms with Crippen LogP contribution < -0.4 is 33.8 Å². The monoisotopic (exact) mass is 668 g/mol. The first-order valence-corrected chi connectivity index (χ1v) is 17.2. The molecular weight excluding hydrogens is 635 g/mol. The molecular formula is C28H33BF3IN4O3-. The standard InChI is InChI=1S/C15H16BFIN3O2.C13H17F2NO/c17-11-3-1-10(2-4-11)15-14-13(18(19,23)8-16-14)7-12(21-15)5-6-20-9-22;1-5-11-12(17-4)6-9(2)7-16(11)8-10(3)13(14)15/h1-4,7,9,23H,5-6,8,19H2,(H,20,22);5-8,13H,1-4H3/q-1;/b;10-8+,11-5+. The van der Waals surface area contributed by atoms with E-state index in [0.29, 0.717) is 35.2 Å². The van der Waals surface area contributed by atoms with Crippen LogP contribution in [0.2, 0.25) is 0 Å². The molecule has 40 heavy (non-hydrogen) atoms. The van der Waals surface area contributed by atoms with Crippen molar-refractivity contribution in [2.45, 2.75) is 33.6 Å². The van der Waals surface area contributed by atoms with Gasteiger partial charge in [-0.25, -0.2) is 8.78 Å². The van der Waals surface area contributed by atoms with Crippen molar-refractivity contribution in [3.8, 4) is 11.3 Å². The summed E-state index contributed by atoms with van der Waals surface area (Å²) in [5, 5.41) is 2.59. The molecule has 0 spiro atoms. The van der Waals surface area contributed by atoms with Crippen molar-refractivity contribution >= 4 is 19.2 Å². The molecule has 2 aromatic rings. The Morgan fingerprint density at radius 1 is 1.35 bits per heavy atom. The molecule has 1 unspecified atom stereocenters. The zero-order valence-corrected chi connectivity index (χ0v) is 25.0. The van der Waals surface area contributed by atoms with Gasteiger partial charge in [-0.3, -0.25) is 0 Å². The minimum atomic E-state index is -3.43. The van der Waals surface area contributed by atoms with E-state index in [9.17, 15) is 21.4 Å². The van der Waals surface area contributed by atoms with Crippen molar-refractivity contribution in [2.24, 2.45) is 3.95 Å². The van der Waals surface area contributed by atoms with Gasteiger partial charge in [-0.05, 0) is 32.4 Å². The minimum absolute atomic E-state index is 0.0192. The summed E-state index contributed by atoms with van der Waals surface area (Å²) in [6.07, 6.45) is 5.65. The summed E-state index contributed by atoms with van der Waals surface area (Å²) < 4.78 is 61.3. The van der Waals surface area contributed by atoms with Crippen LogP contribution in [0.15, 0.2) is 77.5 Å².